The van der Waals surface area contributed by atoms with E-state index in [4.69, 9.17) is 0 Å². The molecule has 0 atom stereocenters. The van der Waals surface area contributed by atoms with Crippen LogP contribution in [0.2, 0.25) is 0 Å². The highest BCUT2D eigenvalue weighted by Crippen LogP contribution is 2.27. The van der Waals surface area contributed by atoms with Gasteiger partial charge in [-0.05, 0) is 44.5 Å². The Labute approximate surface area is 159 Å². The summed E-state index contributed by atoms with van der Waals surface area (Å²) in [6.45, 7) is 7.80. The molecule has 0 saturated carbocycles. The standard InChI is InChI=1S/C19H20F5N3O/c1-4-27(5-2)9-12-8-11(6-7-13(12)28)10(3)25-26-19-17(23)15(21)14(20)16(22)18(19)24/h6-8,26,28H,4-5,9H2,1-3H3/p+1/b25-10+. The first-order chi connectivity index (χ1) is 13.2. The molecule has 0 bridgehead atoms. The van der Waals surface area contributed by atoms with E-state index in [2.05, 4.69) is 5.10 Å². The van der Waals surface area contributed by atoms with Gasteiger partial charge in [-0.2, -0.15) is 5.10 Å². The molecule has 0 spiro atoms. The minimum atomic E-state index is -2.23. The Morgan fingerprint density at radius 2 is 1.50 bits per heavy atom. The van der Waals surface area contributed by atoms with Crippen molar-refractivity contribution in [1.82, 2.24) is 0 Å². The maximum absolute atomic E-state index is 13.7. The molecular formula is C19H21F5N3O+. The smallest absolute Gasteiger partial charge is 0.200 e. The second-order valence-electron chi connectivity index (χ2n) is 6.23. The second kappa shape index (κ2) is 9.01. The largest absolute Gasteiger partial charge is 0.507 e. The quantitative estimate of drug-likeness (QED) is 0.219. The monoisotopic (exact) mass is 402 g/mol. The highest BCUT2D eigenvalue weighted by Gasteiger charge is 2.25. The molecule has 0 heterocycles. The number of quaternary nitrogens is 1. The first-order valence-electron chi connectivity index (χ1n) is 8.68. The Balaban J connectivity index is 2.32. The summed E-state index contributed by atoms with van der Waals surface area (Å²) in [7, 11) is 0. The SMILES string of the molecule is CC[NH+](CC)Cc1cc(/C(C)=N/Nc2c(F)c(F)c(F)c(F)c2F)ccc1O. The molecule has 0 aliphatic heterocycles. The molecule has 0 unspecified atom stereocenters. The fourth-order valence-electron chi connectivity index (χ4n) is 2.63. The number of aromatic hydroxyl groups is 1. The van der Waals surface area contributed by atoms with Crippen LogP contribution in [0.3, 0.4) is 0 Å². The predicted molar refractivity (Wildman–Crippen MR) is 95.9 cm³/mol. The zero-order valence-electron chi connectivity index (χ0n) is 15.6. The van der Waals surface area contributed by atoms with Crippen LogP contribution >= 0.6 is 0 Å². The van der Waals surface area contributed by atoms with Crippen LogP contribution in [0.25, 0.3) is 0 Å². The van der Waals surface area contributed by atoms with E-state index in [0.717, 1.165) is 13.1 Å². The average molecular weight is 402 g/mol. The maximum atomic E-state index is 13.7. The number of phenols is 1. The zero-order chi connectivity index (χ0) is 21.0. The highest BCUT2D eigenvalue weighted by molar-refractivity contribution is 5.99. The van der Waals surface area contributed by atoms with Crippen LogP contribution < -0.4 is 10.3 Å². The topological polar surface area (TPSA) is 49.1 Å². The molecule has 3 N–H and O–H groups in total. The molecule has 0 aromatic heterocycles. The predicted octanol–water partition coefficient (Wildman–Crippen LogP) is 3.35. The number of halogens is 5. The molecule has 2 rings (SSSR count). The van der Waals surface area contributed by atoms with Gasteiger partial charge in [-0.1, -0.05) is 0 Å². The molecule has 9 heteroatoms. The molecule has 28 heavy (non-hydrogen) atoms. The molecule has 0 aliphatic carbocycles. The van der Waals surface area contributed by atoms with Crippen molar-refractivity contribution < 1.29 is 32.0 Å². The van der Waals surface area contributed by atoms with E-state index in [1.807, 2.05) is 19.3 Å². The Morgan fingerprint density at radius 1 is 0.964 bits per heavy atom. The van der Waals surface area contributed by atoms with E-state index in [9.17, 15) is 27.1 Å². The molecule has 4 nitrogen and oxygen atoms in total. The summed E-state index contributed by atoms with van der Waals surface area (Å²) in [5.74, 6) is -10.2. The van der Waals surface area contributed by atoms with Crippen LogP contribution in [0.15, 0.2) is 23.3 Å². The summed E-state index contributed by atoms with van der Waals surface area (Å²) in [5, 5.41) is 13.8. The normalized spacial score (nSPS) is 12.0. The van der Waals surface area contributed by atoms with Crippen LogP contribution in [0.1, 0.15) is 31.9 Å². The van der Waals surface area contributed by atoms with Gasteiger partial charge in [-0.3, -0.25) is 5.43 Å². The van der Waals surface area contributed by atoms with Crippen LogP contribution in [-0.2, 0) is 6.54 Å². The van der Waals surface area contributed by atoms with E-state index in [0.29, 0.717) is 17.7 Å². The number of phenolic OH excluding ortho intramolecular Hbond substituents is 1. The third-order valence-corrected chi connectivity index (χ3v) is 4.48. The lowest BCUT2D eigenvalue weighted by atomic mass is 10.1. The minimum absolute atomic E-state index is 0.101. The Kier molecular flexibility index (Phi) is 6.95. The van der Waals surface area contributed by atoms with Crippen molar-refractivity contribution in [2.24, 2.45) is 5.10 Å². The first-order valence-corrected chi connectivity index (χ1v) is 8.68. The number of rotatable bonds is 7. The van der Waals surface area contributed by atoms with E-state index in [-0.39, 0.29) is 11.5 Å². The van der Waals surface area contributed by atoms with Gasteiger partial charge in [0, 0.05) is 5.56 Å². The van der Waals surface area contributed by atoms with Gasteiger partial charge in [-0.25, -0.2) is 22.0 Å². The van der Waals surface area contributed by atoms with Crippen LogP contribution in [-0.4, -0.2) is 23.9 Å². The van der Waals surface area contributed by atoms with Crippen molar-refractivity contribution in [3.8, 4) is 5.75 Å². The molecule has 0 radical (unpaired) electrons. The molecule has 152 valence electrons. The maximum Gasteiger partial charge on any atom is 0.200 e. The summed E-state index contributed by atoms with van der Waals surface area (Å²) in [4.78, 5) is 1.22. The van der Waals surface area contributed by atoms with Gasteiger partial charge in [0.25, 0.3) is 0 Å². The lowest BCUT2D eigenvalue weighted by Crippen LogP contribution is -3.10. The number of hydrogen-bond donors (Lipinski definition) is 3. The highest BCUT2D eigenvalue weighted by atomic mass is 19.2. The molecule has 0 saturated heterocycles. The van der Waals surface area contributed by atoms with E-state index >= 15 is 0 Å². The third kappa shape index (κ3) is 4.41. The van der Waals surface area contributed by atoms with Crippen molar-refractivity contribution in [1.29, 1.82) is 0 Å². The van der Waals surface area contributed by atoms with Crippen molar-refractivity contribution >= 4 is 11.4 Å². The summed E-state index contributed by atoms with van der Waals surface area (Å²) < 4.78 is 67.0. The Morgan fingerprint density at radius 3 is 2.04 bits per heavy atom. The number of benzene rings is 2. The molecule has 0 fully saturated rings. The van der Waals surface area contributed by atoms with Crippen LogP contribution in [0.5, 0.6) is 5.75 Å². The Hall–Kier alpha value is -2.68. The molecule has 2 aromatic carbocycles. The molecule has 0 aliphatic rings. The van der Waals surface area contributed by atoms with Gasteiger partial charge in [-0.15, -0.1) is 0 Å². The zero-order valence-corrected chi connectivity index (χ0v) is 15.6. The first kappa shape index (κ1) is 21.6. The van der Waals surface area contributed by atoms with Crippen molar-refractivity contribution in [2.45, 2.75) is 27.3 Å². The third-order valence-electron chi connectivity index (χ3n) is 4.48. The van der Waals surface area contributed by atoms with Gasteiger partial charge >= 0.3 is 0 Å². The number of nitrogens with one attached hydrogen (secondary N) is 2. The average Bonchev–Trinajstić information content (AvgIpc) is 2.69. The van der Waals surface area contributed by atoms with E-state index in [1.165, 1.54) is 24.0 Å². The molecular weight excluding hydrogens is 381 g/mol. The summed E-state index contributed by atoms with van der Waals surface area (Å²) in [6, 6.07) is 4.67. The Bertz CT molecular complexity index is 869. The van der Waals surface area contributed by atoms with Crippen LogP contribution in [0, 0.1) is 29.1 Å². The number of nitrogens with zero attached hydrogens (tertiary/aromatic N) is 1. The summed E-state index contributed by atoms with van der Waals surface area (Å²) in [6.07, 6.45) is 0. The summed E-state index contributed by atoms with van der Waals surface area (Å²) >= 11 is 0. The fourth-order valence-corrected chi connectivity index (χ4v) is 2.63. The lowest BCUT2D eigenvalue weighted by molar-refractivity contribution is -0.910. The van der Waals surface area contributed by atoms with Crippen molar-refractivity contribution in [3.05, 3.63) is 58.4 Å². The minimum Gasteiger partial charge on any atom is -0.507 e. The van der Waals surface area contributed by atoms with Gasteiger partial charge in [0.1, 0.15) is 18.0 Å². The molecule has 2 aromatic rings. The second-order valence-corrected chi connectivity index (χ2v) is 6.23. The number of hydrazone groups is 1. The molecule has 0 amide bonds. The number of hydrogen-bond acceptors (Lipinski definition) is 3. The lowest BCUT2D eigenvalue weighted by Gasteiger charge is -2.16. The van der Waals surface area contributed by atoms with Gasteiger partial charge in [0.05, 0.1) is 18.8 Å². The van der Waals surface area contributed by atoms with Crippen molar-refractivity contribution in [2.75, 3.05) is 18.5 Å². The van der Waals surface area contributed by atoms with Crippen molar-refractivity contribution in [3.63, 3.8) is 0 Å². The van der Waals surface area contributed by atoms with Gasteiger partial charge in [0.15, 0.2) is 23.3 Å². The van der Waals surface area contributed by atoms with E-state index in [1.54, 1.807) is 6.07 Å². The van der Waals surface area contributed by atoms with Crippen LogP contribution in [0.4, 0.5) is 27.6 Å². The summed E-state index contributed by atoms with van der Waals surface area (Å²) in [5.41, 5.74) is 2.09. The fraction of sp³-hybridized carbons (Fsp3) is 0.316. The van der Waals surface area contributed by atoms with Gasteiger partial charge < -0.3 is 10.0 Å². The number of anilines is 1. The van der Waals surface area contributed by atoms with Gasteiger partial charge in [0.2, 0.25) is 5.82 Å². The van der Waals surface area contributed by atoms with E-state index < -0.39 is 34.8 Å².